The number of hydrogen-bond donors (Lipinski definition) is 2. The van der Waals surface area contributed by atoms with Crippen LogP contribution in [-0.4, -0.2) is 51.1 Å². The Balaban J connectivity index is 3.15. The second kappa shape index (κ2) is 11.1. The van der Waals surface area contributed by atoms with Crippen molar-refractivity contribution in [1.82, 2.24) is 4.72 Å². The fourth-order valence-corrected chi connectivity index (χ4v) is 3.98. The Morgan fingerprint density at radius 3 is 2.44 bits per heavy atom. The van der Waals surface area contributed by atoms with Gasteiger partial charge in [0, 0.05) is 20.3 Å². The van der Waals surface area contributed by atoms with Crippen molar-refractivity contribution in [3.63, 3.8) is 0 Å². The molecule has 0 heterocycles. The summed E-state index contributed by atoms with van der Waals surface area (Å²) < 4.78 is 37.9. The van der Waals surface area contributed by atoms with Gasteiger partial charge in [-0.3, -0.25) is 10.1 Å². The summed E-state index contributed by atoms with van der Waals surface area (Å²) in [5, 5.41) is 21.6. The van der Waals surface area contributed by atoms with E-state index in [0.717, 1.165) is 18.6 Å². The number of methoxy groups -OCH3 is 2. The molecule has 1 aromatic rings. The van der Waals surface area contributed by atoms with Crippen LogP contribution >= 0.6 is 0 Å². The summed E-state index contributed by atoms with van der Waals surface area (Å²) in [6, 6.07) is 4.05. The number of aliphatic hydroxyl groups is 1. The van der Waals surface area contributed by atoms with E-state index in [4.69, 9.17) is 9.47 Å². The number of hydrogen-bond acceptors (Lipinski definition) is 7. The molecule has 0 aliphatic heterocycles. The predicted molar refractivity (Wildman–Crippen MR) is 99.7 cm³/mol. The molecule has 9 nitrogen and oxygen atoms in total. The van der Waals surface area contributed by atoms with Crippen LogP contribution in [0.1, 0.15) is 26.2 Å². The lowest BCUT2D eigenvalue weighted by Crippen LogP contribution is -2.49. The molecule has 0 amide bonds. The molecule has 10 heteroatoms. The number of nitro benzene ring substituents is 1. The first-order valence-electron chi connectivity index (χ1n) is 8.42. The van der Waals surface area contributed by atoms with E-state index >= 15 is 0 Å². The average Bonchev–Trinajstić information content (AvgIpc) is 2.65. The van der Waals surface area contributed by atoms with Crippen LogP contribution in [0.25, 0.3) is 0 Å². The quantitative estimate of drug-likeness (QED) is 0.237. The molecule has 1 aromatic carbocycles. The Morgan fingerprint density at radius 2 is 1.89 bits per heavy atom. The van der Waals surface area contributed by atoms with E-state index < -0.39 is 44.0 Å². The molecule has 0 bridgehead atoms. The minimum Gasteiger partial charge on any atom is -0.386 e. The van der Waals surface area contributed by atoms with Gasteiger partial charge in [0.25, 0.3) is 5.69 Å². The van der Waals surface area contributed by atoms with E-state index in [1.807, 2.05) is 19.1 Å². The van der Waals surface area contributed by atoms with Crippen molar-refractivity contribution >= 4 is 15.7 Å². The van der Waals surface area contributed by atoms with E-state index in [2.05, 4.69) is 4.72 Å². The van der Waals surface area contributed by atoms with Gasteiger partial charge in [-0.25, -0.2) is 13.1 Å². The van der Waals surface area contributed by atoms with Crippen molar-refractivity contribution in [3.05, 3.63) is 46.5 Å². The Labute approximate surface area is 159 Å². The van der Waals surface area contributed by atoms with E-state index in [1.54, 1.807) is 0 Å². The predicted octanol–water partition coefficient (Wildman–Crippen LogP) is 1.97. The van der Waals surface area contributed by atoms with Crippen LogP contribution in [0, 0.1) is 10.1 Å². The van der Waals surface area contributed by atoms with Gasteiger partial charge in [-0.1, -0.05) is 31.2 Å². The van der Waals surface area contributed by atoms with Gasteiger partial charge in [-0.2, -0.15) is 0 Å². The highest BCUT2D eigenvalue weighted by molar-refractivity contribution is 7.89. The number of aliphatic hydroxyl groups excluding tert-OH is 1. The van der Waals surface area contributed by atoms with Gasteiger partial charge in [0.1, 0.15) is 6.10 Å². The van der Waals surface area contributed by atoms with Crippen LogP contribution in [0.3, 0.4) is 0 Å². The molecule has 0 aliphatic carbocycles. The molecule has 0 saturated heterocycles. The molecule has 0 radical (unpaired) electrons. The molecule has 0 aliphatic rings. The highest BCUT2D eigenvalue weighted by Gasteiger charge is 2.33. The van der Waals surface area contributed by atoms with Gasteiger partial charge in [0.2, 0.25) is 10.0 Å². The normalized spacial score (nSPS) is 14.6. The number of ether oxygens (including phenoxy) is 2. The number of benzene rings is 1. The molecule has 0 aromatic heterocycles. The van der Waals surface area contributed by atoms with Crippen LogP contribution in [0.15, 0.2) is 41.3 Å². The molecular formula is C17H26N2O7S. The summed E-state index contributed by atoms with van der Waals surface area (Å²) in [4.78, 5) is 9.91. The highest BCUT2D eigenvalue weighted by atomic mass is 32.2. The molecule has 152 valence electrons. The van der Waals surface area contributed by atoms with E-state index in [9.17, 15) is 23.6 Å². The third kappa shape index (κ3) is 6.67. The lowest BCUT2D eigenvalue weighted by Gasteiger charge is -2.28. The van der Waals surface area contributed by atoms with E-state index in [-0.39, 0.29) is 6.42 Å². The average molecular weight is 402 g/mol. The first kappa shape index (κ1) is 23.2. The molecule has 2 N–H and O–H groups in total. The fraction of sp³-hybridized carbons (Fsp3) is 0.529. The van der Waals surface area contributed by atoms with Gasteiger partial charge < -0.3 is 14.6 Å². The number of nitrogens with zero attached hydrogens (tertiary/aromatic N) is 1. The van der Waals surface area contributed by atoms with Crippen molar-refractivity contribution in [3.8, 4) is 0 Å². The van der Waals surface area contributed by atoms with E-state index in [0.29, 0.717) is 6.42 Å². The second-order valence-electron chi connectivity index (χ2n) is 5.74. The topological polar surface area (TPSA) is 128 Å². The molecule has 0 saturated carbocycles. The minimum absolute atomic E-state index is 0.251. The zero-order valence-electron chi connectivity index (χ0n) is 15.6. The third-order valence-corrected chi connectivity index (χ3v) is 5.40. The van der Waals surface area contributed by atoms with Crippen LogP contribution < -0.4 is 4.72 Å². The number of rotatable bonds is 12. The van der Waals surface area contributed by atoms with E-state index in [1.165, 1.54) is 26.4 Å². The summed E-state index contributed by atoms with van der Waals surface area (Å²) in [5.41, 5.74) is -0.542. The third-order valence-electron chi connectivity index (χ3n) is 3.86. The molecule has 0 unspecified atom stereocenters. The van der Waals surface area contributed by atoms with Gasteiger partial charge in [-0.05, 0) is 25.3 Å². The summed E-state index contributed by atoms with van der Waals surface area (Å²) in [5.74, 6) is 0. The summed E-state index contributed by atoms with van der Waals surface area (Å²) in [7, 11) is -1.62. The zero-order valence-corrected chi connectivity index (χ0v) is 16.4. The number of allylic oxidation sites excluding steroid dienone is 2. The van der Waals surface area contributed by atoms with Crippen LogP contribution in [-0.2, 0) is 19.5 Å². The Hall–Kier alpha value is -1.85. The lowest BCUT2D eigenvalue weighted by molar-refractivity contribution is -0.387. The highest BCUT2D eigenvalue weighted by Crippen LogP contribution is 2.24. The number of nitro groups is 1. The molecular weight excluding hydrogens is 376 g/mol. The van der Waals surface area contributed by atoms with Crippen LogP contribution in [0.2, 0.25) is 0 Å². The first-order chi connectivity index (χ1) is 12.8. The van der Waals surface area contributed by atoms with Crippen molar-refractivity contribution in [2.75, 3.05) is 14.2 Å². The first-order valence-corrected chi connectivity index (χ1v) is 9.91. The minimum atomic E-state index is -4.26. The maximum absolute atomic E-state index is 12.7. The maximum atomic E-state index is 12.7. The second-order valence-corrected chi connectivity index (χ2v) is 7.42. The van der Waals surface area contributed by atoms with Gasteiger partial charge in [0.05, 0.1) is 11.0 Å². The Kier molecular flexibility index (Phi) is 9.53. The van der Waals surface area contributed by atoms with Crippen molar-refractivity contribution in [2.45, 2.75) is 49.5 Å². The number of para-hydroxylation sites is 1. The largest absolute Gasteiger partial charge is 0.386 e. The monoisotopic (exact) mass is 402 g/mol. The van der Waals surface area contributed by atoms with Crippen LogP contribution in [0.5, 0.6) is 0 Å². The maximum Gasteiger partial charge on any atom is 0.289 e. The van der Waals surface area contributed by atoms with Gasteiger partial charge >= 0.3 is 0 Å². The Bertz CT molecular complexity index is 733. The summed E-state index contributed by atoms with van der Waals surface area (Å²) >= 11 is 0. The standard InChI is InChI=1S/C17H26N2O7S/c1-4-5-6-7-10-13(16(20)17(25-2)26-3)18-27(23,24)15-12-9-8-11-14(15)19(21)22/h5-6,8-9,11-13,16-18,20H,4,7,10H2,1-3H3/b6-5-/t13-,16+/m1/s1. The van der Waals surface area contributed by atoms with Crippen molar-refractivity contribution in [2.24, 2.45) is 0 Å². The number of sulfonamides is 1. The number of nitrogens with one attached hydrogen (secondary N) is 1. The van der Waals surface area contributed by atoms with Crippen molar-refractivity contribution < 1.29 is 27.9 Å². The summed E-state index contributed by atoms with van der Waals surface area (Å²) in [6.07, 6.45) is 2.99. The lowest BCUT2D eigenvalue weighted by atomic mass is 10.1. The van der Waals surface area contributed by atoms with Crippen LogP contribution in [0.4, 0.5) is 5.69 Å². The van der Waals surface area contributed by atoms with Gasteiger partial charge in [-0.15, -0.1) is 0 Å². The fourth-order valence-electron chi connectivity index (χ4n) is 2.52. The summed E-state index contributed by atoms with van der Waals surface area (Å²) in [6.45, 7) is 1.96. The SMILES string of the molecule is CC/C=C\CC[C@@H](NS(=O)(=O)c1ccccc1[N+](=O)[O-])[C@H](O)C(OC)OC. The van der Waals surface area contributed by atoms with Crippen molar-refractivity contribution in [1.29, 1.82) is 0 Å². The zero-order chi connectivity index (χ0) is 20.4. The molecule has 27 heavy (non-hydrogen) atoms. The molecule has 2 atom stereocenters. The Morgan fingerprint density at radius 1 is 1.26 bits per heavy atom. The molecule has 0 fully saturated rings. The molecule has 1 rings (SSSR count). The molecule has 0 spiro atoms. The smallest absolute Gasteiger partial charge is 0.289 e. The van der Waals surface area contributed by atoms with Gasteiger partial charge in [0.15, 0.2) is 11.2 Å².